The van der Waals surface area contributed by atoms with Gasteiger partial charge in [0.15, 0.2) is 11.6 Å². The average Bonchev–Trinajstić information content (AvgIpc) is 2.41. The summed E-state index contributed by atoms with van der Waals surface area (Å²) in [6.45, 7) is 0. The molecule has 0 saturated carbocycles. The zero-order valence-electron chi connectivity index (χ0n) is 10.4. The molecule has 0 radical (unpaired) electrons. The predicted octanol–water partition coefficient (Wildman–Crippen LogP) is 3.32. The molecule has 0 amide bonds. The van der Waals surface area contributed by atoms with Gasteiger partial charge < -0.3 is 15.2 Å². The largest absolute Gasteiger partial charge is 0.495 e. The van der Waals surface area contributed by atoms with Crippen molar-refractivity contribution >= 4 is 29.1 Å². The van der Waals surface area contributed by atoms with Crippen molar-refractivity contribution < 1.29 is 19.0 Å². The maximum atomic E-state index is 13.9. The van der Waals surface area contributed by atoms with Gasteiger partial charge in [0.1, 0.15) is 11.3 Å². The quantitative estimate of drug-likeness (QED) is 0.905. The number of methoxy groups -OCH3 is 1. The smallest absolute Gasteiger partial charge is 0.338 e. The summed E-state index contributed by atoms with van der Waals surface area (Å²) in [6.07, 6.45) is 1.21. The summed E-state index contributed by atoms with van der Waals surface area (Å²) in [5, 5.41) is 11.8. The van der Waals surface area contributed by atoms with Crippen LogP contribution in [0.15, 0.2) is 30.5 Å². The number of benzene rings is 1. The lowest BCUT2D eigenvalue weighted by atomic mass is 10.2. The first-order chi connectivity index (χ1) is 9.52. The van der Waals surface area contributed by atoms with Gasteiger partial charge in [-0.1, -0.05) is 11.6 Å². The molecular weight excluding hydrogens is 287 g/mol. The van der Waals surface area contributed by atoms with E-state index in [1.807, 2.05) is 0 Å². The maximum Gasteiger partial charge on any atom is 0.338 e. The number of hydrogen-bond acceptors (Lipinski definition) is 4. The van der Waals surface area contributed by atoms with Gasteiger partial charge in [-0.25, -0.2) is 14.2 Å². The molecule has 2 rings (SSSR count). The second-order valence-electron chi connectivity index (χ2n) is 3.80. The molecule has 0 saturated heterocycles. The van der Waals surface area contributed by atoms with Gasteiger partial charge in [0.25, 0.3) is 0 Å². The Hall–Kier alpha value is -2.34. The Balaban J connectivity index is 2.33. The van der Waals surface area contributed by atoms with Crippen molar-refractivity contribution in [2.45, 2.75) is 0 Å². The molecule has 2 aromatic rings. The number of aromatic carboxylic acids is 1. The van der Waals surface area contributed by atoms with Gasteiger partial charge in [-0.2, -0.15) is 0 Å². The number of carboxylic acid groups (broad SMARTS) is 1. The van der Waals surface area contributed by atoms with Crippen LogP contribution in [0.4, 0.5) is 15.9 Å². The minimum absolute atomic E-state index is 0.189. The molecule has 0 aliphatic carbocycles. The van der Waals surface area contributed by atoms with Gasteiger partial charge in [-0.15, -0.1) is 0 Å². The number of aromatic nitrogens is 1. The van der Waals surface area contributed by atoms with Crippen LogP contribution in [0.2, 0.25) is 5.02 Å². The maximum absolute atomic E-state index is 13.9. The van der Waals surface area contributed by atoms with E-state index >= 15 is 0 Å². The van der Waals surface area contributed by atoms with Crippen LogP contribution in [0.3, 0.4) is 0 Å². The highest BCUT2D eigenvalue weighted by molar-refractivity contribution is 6.32. The molecular formula is C13H10ClFN2O3. The number of nitrogens with zero attached hydrogens (tertiary/aromatic N) is 1. The Morgan fingerprint density at radius 3 is 2.80 bits per heavy atom. The third-order valence-corrected chi connectivity index (χ3v) is 2.83. The van der Waals surface area contributed by atoms with Crippen molar-refractivity contribution in [3.8, 4) is 5.75 Å². The number of halogens is 2. The fraction of sp³-hybridized carbons (Fsp3) is 0.0769. The second kappa shape index (κ2) is 5.75. The molecule has 2 N–H and O–H groups in total. The molecule has 0 unspecified atom stereocenters. The summed E-state index contributed by atoms with van der Waals surface area (Å²) in [7, 11) is 1.48. The SMILES string of the molecule is COc1ccc(Nc2nccc(C(=O)O)c2F)cc1Cl. The number of pyridine rings is 1. The average molecular weight is 297 g/mol. The summed E-state index contributed by atoms with van der Waals surface area (Å²) >= 11 is 5.94. The van der Waals surface area contributed by atoms with Crippen molar-refractivity contribution in [2.24, 2.45) is 0 Å². The molecule has 1 aromatic heterocycles. The van der Waals surface area contributed by atoms with E-state index in [-0.39, 0.29) is 5.82 Å². The van der Waals surface area contributed by atoms with Crippen LogP contribution >= 0.6 is 11.6 Å². The lowest BCUT2D eigenvalue weighted by molar-refractivity contribution is 0.0692. The molecule has 0 spiro atoms. The second-order valence-corrected chi connectivity index (χ2v) is 4.21. The van der Waals surface area contributed by atoms with Gasteiger partial charge in [0, 0.05) is 11.9 Å². The molecule has 1 heterocycles. The minimum atomic E-state index is -1.36. The van der Waals surface area contributed by atoms with E-state index in [0.29, 0.717) is 16.5 Å². The van der Waals surface area contributed by atoms with E-state index in [9.17, 15) is 9.18 Å². The highest BCUT2D eigenvalue weighted by atomic mass is 35.5. The van der Waals surface area contributed by atoms with Gasteiger partial charge in [-0.3, -0.25) is 0 Å². The van der Waals surface area contributed by atoms with Gasteiger partial charge >= 0.3 is 5.97 Å². The van der Waals surface area contributed by atoms with Gasteiger partial charge in [0.2, 0.25) is 0 Å². The topological polar surface area (TPSA) is 71.5 Å². The van der Waals surface area contributed by atoms with E-state index in [1.54, 1.807) is 12.1 Å². The van der Waals surface area contributed by atoms with Crippen molar-refractivity contribution in [3.63, 3.8) is 0 Å². The lowest BCUT2D eigenvalue weighted by Gasteiger charge is -2.09. The first-order valence-corrected chi connectivity index (χ1v) is 5.89. The molecule has 0 aliphatic rings. The van der Waals surface area contributed by atoms with Crippen LogP contribution in [-0.4, -0.2) is 23.2 Å². The Morgan fingerprint density at radius 2 is 2.20 bits per heavy atom. The zero-order chi connectivity index (χ0) is 14.7. The monoisotopic (exact) mass is 296 g/mol. The van der Waals surface area contributed by atoms with Gasteiger partial charge in [0.05, 0.1) is 12.1 Å². The van der Waals surface area contributed by atoms with Crippen molar-refractivity contribution in [2.75, 3.05) is 12.4 Å². The number of carboxylic acids is 1. The van der Waals surface area contributed by atoms with E-state index in [1.165, 1.54) is 19.4 Å². The van der Waals surface area contributed by atoms with Crippen molar-refractivity contribution in [1.29, 1.82) is 0 Å². The number of anilines is 2. The summed E-state index contributed by atoms with van der Waals surface area (Å²) in [6, 6.07) is 5.82. The van der Waals surface area contributed by atoms with Crippen LogP contribution in [-0.2, 0) is 0 Å². The highest BCUT2D eigenvalue weighted by Gasteiger charge is 2.15. The minimum Gasteiger partial charge on any atom is -0.495 e. The van der Waals surface area contributed by atoms with Crippen LogP contribution in [0.5, 0.6) is 5.75 Å². The Kier molecular flexibility index (Phi) is 4.05. The summed E-state index contributed by atoms with van der Waals surface area (Å²) < 4.78 is 18.9. The standard InChI is InChI=1S/C13H10ClFN2O3/c1-20-10-3-2-7(6-9(10)14)17-12-11(15)8(13(18)19)4-5-16-12/h2-6H,1H3,(H,16,17)(H,18,19). The Labute approximate surface area is 119 Å². The zero-order valence-corrected chi connectivity index (χ0v) is 11.1. The Bertz CT molecular complexity index is 664. The van der Waals surface area contributed by atoms with E-state index in [0.717, 1.165) is 6.07 Å². The van der Waals surface area contributed by atoms with E-state index < -0.39 is 17.3 Å². The molecule has 1 aromatic carbocycles. The molecule has 7 heteroatoms. The van der Waals surface area contributed by atoms with Gasteiger partial charge in [-0.05, 0) is 24.3 Å². The number of hydrogen-bond donors (Lipinski definition) is 2. The third kappa shape index (κ3) is 2.80. The van der Waals surface area contributed by atoms with Crippen molar-refractivity contribution in [1.82, 2.24) is 4.98 Å². The summed E-state index contributed by atoms with van der Waals surface area (Å²) in [4.78, 5) is 14.6. The predicted molar refractivity (Wildman–Crippen MR) is 72.4 cm³/mol. The molecule has 0 aliphatic heterocycles. The summed E-state index contributed by atoms with van der Waals surface area (Å²) in [5.74, 6) is -2.01. The van der Waals surface area contributed by atoms with Crippen LogP contribution in [0.1, 0.15) is 10.4 Å². The van der Waals surface area contributed by atoms with Crippen LogP contribution in [0.25, 0.3) is 0 Å². The first-order valence-electron chi connectivity index (χ1n) is 5.51. The molecule has 104 valence electrons. The molecule has 0 bridgehead atoms. The fourth-order valence-corrected chi connectivity index (χ4v) is 1.83. The van der Waals surface area contributed by atoms with E-state index in [2.05, 4.69) is 10.3 Å². The number of rotatable bonds is 4. The summed E-state index contributed by atoms with van der Waals surface area (Å²) in [5.41, 5.74) is 0.00634. The molecule has 20 heavy (non-hydrogen) atoms. The normalized spacial score (nSPS) is 10.2. The Morgan fingerprint density at radius 1 is 1.45 bits per heavy atom. The lowest BCUT2D eigenvalue weighted by Crippen LogP contribution is -2.05. The number of nitrogens with one attached hydrogen (secondary N) is 1. The molecule has 5 nitrogen and oxygen atoms in total. The molecule has 0 atom stereocenters. The highest BCUT2D eigenvalue weighted by Crippen LogP contribution is 2.29. The van der Waals surface area contributed by atoms with Crippen LogP contribution in [0, 0.1) is 5.82 Å². The van der Waals surface area contributed by atoms with Crippen molar-refractivity contribution in [3.05, 3.63) is 46.9 Å². The van der Waals surface area contributed by atoms with Crippen LogP contribution < -0.4 is 10.1 Å². The third-order valence-electron chi connectivity index (χ3n) is 2.53. The molecule has 0 fully saturated rings. The fourth-order valence-electron chi connectivity index (χ4n) is 1.58. The first kappa shape index (κ1) is 14.1. The number of ether oxygens (including phenoxy) is 1. The van der Waals surface area contributed by atoms with E-state index in [4.69, 9.17) is 21.4 Å². The number of carbonyl (C=O) groups is 1.